The van der Waals surface area contributed by atoms with Crippen molar-refractivity contribution < 1.29 is 14.2 Å². The van der Waals surface area contributed by atoms with Gasteiger partial charge in [-0.2, -0.15) is 0 Å². The molecule has 0 atom stereocenters. The number of nitrogens with one attached hydrogen (secondary N) is 1. The van der Waals surface area contributed by atoms with E-state index in [1.165, 1.54) is 0 Å². The summed E-state index contributed by atoms with van der Waals surface area (Å²) in [5, 5.41) is 3.34. The molecule has 33 heavy (non-hydrogen) atoms. The highest BCUT2D eigenvalue weighted by atomic mass is 16.5. The largest absolute Gasteiger partial charge is 0.493 e. The lowest BCUT2D eigenvalue weighted by Crippen LogP contribution is -2.19. The third kappa shape index (κ3) is 6.54. The minimum atomic E-state index is 0.504. The lowest BCUT2D eigenvalue weighted by atomic mass is 10.1. The molecule has 0 amide bonds. The summed E-state index contributed by atoms with van der Waals surface area (Å²) in [6.07, 6.45) is 6.95. The highest BCUT2D eigenvalue weighted by Gasteiger charge is 2.10. The van der Waals surface area contributed by atoms with Crippen molar-refractivity contribution in [2.75, 3.05) is 45.8 Å². The standard InChI is InChI=1S/C26H30N4O3/c1-30-13-4-3-5-14-32-23-8-6-7-20(18-23)24-11-12-27-26(29-24)28-22-9-10-25(21(17-22)19-30)33-16-15-31-2/h3-4,6-12,17-18H,5,13-16,19H2,1-2H3,(H,27,28,29)/b4-3+. The van der Waals surface area contributed by atoms with E-state index in [4.69, 9.17) is 19.2 Å². The maximum atomic E-state index is 5.96. The fourth-order valence-corrected chi connectivity index (χ4v) is 3.58. The van der Waals surface area contributed by atoms with Gasteiger partial charge < -0.3 is 19.5 Å². The normalized spacial score (nSPS) is 15.5. The summed E-state index contributed by atoms with van der Waals surface area (Å²) in [6, 6.07) is 16.0. The summed E-state index contributed by atoms with van der Waals surface area (Å²) >= 11 is 0. The predicted molar refractivity (Wildman–Crippen MR) is 130 cm³/mol. The Morgan fingerprint density at radius 2 is 2.03 bits per heavy atom. The van der Waals surface area contributed by atoms with E-state index in [1.54, 1.807) is 13.3 Å². The molecule has 2 heterocycles. The first-order valence-corrected chi connectivity index (χ1v) is 11.1. The molecule has 1 aliphatic heterocycles. The number of methoxy groups -OCH3 is 1. The number of benzene rings is 2. The molecule has 7 nitrogen and oxygen atoms in total. The van der Waals surface area contributed by atoms with Crippen LogP contribution in [-0.2, 0) is 11.3 Å². The fourth-order valence-electron chi connectivity index (χ4n) is 3.58. The van der Waals surface area contributed by atoms with Crippen LogP contribution in [0.15, 0.2) is 66.9 Å². The van der Waals surface area contributed by atoms with Crippen molar-refractivity contribution in [2.45, 2.75) is 13.0 Å². The highest BCUT2D eigenvalue weighted by Crippen LogP contribution is 2.27. The van der Waals surface area contributed by atoms with Gasteiger partial charge in [-0.25, -0.2) is 9.97 Å². The topological polar surface area (TPSA) is 68.7 Å². The highest BCUT2D eigenvalue weighted by molar-refractivity contribution is 5.64. The van der Waals surface area contributed by atoms with Gasteiger partial charge in [0.15, 0.2) is 0 Å². The average molecular weight is 447 g/mol. The Labute approximate surface area is 195 Å². The zero-order valence-corrected chi connectivity index (χ0v) is 19.2. The van der Waals surface area contributed by atoms with Crippen LogP contribution in [0.4, 0.5) is 11.6 Å². The van der Waals surface area contributed by atoms with Crippen LogP contribution in [0.5, 0.6) is 11.5 Å². The molecule has 0 saturated carbocycles. The van der Waals surface area contributed by atoms with Crippen LogP contribution in [0, 0.1) is 0 Å². The number of anilines is 2. The van der Waals surface area contributed by atoms with E-state index >= 15 is 0 Å². The van der Waals surface area contributed by atoms with Gasteiger partial charge in [0.1, 0.15) is 18.1 Å². The van der Waals surface area contributed by atoms with Gasteiger partial charge in [-0.05, 0) is 49.9 Å². The van der Waals surface area contributed by atoms with Gasteiger partial charge in [0.2, 0.25) is 5.95 Å². The van der Waals surface area contributed by atoms with Gasteiger partial charge in [-0.15, -0.1) is 0 Å². The molecule has 1 aliphatic rings. The molecule has 0 unspecified atom stereocenters. The van der Waals surface area contributed by atoms with Gasteiger partial charge in [-0.3, -0.25) is 4.90 Å². The Bertz CT molecular complexity index is 1090. The minimum Gasteiger partial charge on any atom is -0.493 e. The number of nitrogens with zero attached hydrogens (tertiary/aromatic N) is 3. The third-order valence-electron chi connectivity index (χ3n) is 5.22. The van der Waals surface area contributed by atoms with Crippen molar-refractivity contribution >= 4 is 11.6 Å². The number of fused-ring (bicyclic) bond motifs is 7. The number of likely N-dealkylation sites (N-methyl/N-ethyl adjacent to an activating group) is 1. The average Bonchev–Trinajstić information content (AvgIpc) is 2.82. The van der Waals surface area contributed by atoms with E-state index in [0.717, 1.165) is 53.5 Å². The maximum Gasteiger partial charge on any atom is 0.227 e. The zero-order chi connectivity index (χ0) is 22.9. The lowest BCUT2D eigenvalue weighted by molar-refractivity contribution is 0.145. The van der Waals surface area contributed by atoms with Gasteiger partial charge >= 0.3 is 0 Å². The quantitative estimate of drug-likeness (QED) is 0.461. The molecule has 0 spiro atoms. The summed E-state index contributed by atoms with van der Waals surface area (Å²) < 4.78 is 17.0. The SMILES string of the molecule is COCCOc1ccc2cc1CN(C)C/C=C/CCOc1cccc(c1)-c1ccnc(n1)N2. The second kappa shape index (κ2) is 11.4. The summed E-state index contributed by atoms with van der Waals surface area (Å²) in [7, 11) is 3.77. The molecule has 0 radical (unpaired) electrons. The summed E-state index contributed by atoms with van der Waals surface area (Å²) in [5.74, 6) is 2.22. The molecular formula is C26H30N4O3. The molecule has 0 saturated heterocycles. The van der Waals surface area contributed by atoms with Crippen molar-refractivity contribution in [3.8, 4) is 22.8 Å². The molecule has 2 aromatic carbocycles. The van der Waals surface area contributed by atoms with E-state index in [0.29, 0.717) is 25.8 Å². The molecule has 1 aromatic heterocycles. The van der Waals surface area contributed by atoms with Crippen LogP contribution in [-0.4, -0.2) is 55.4 Å². The van der Waals surface area contributed by atoms with Crippen LogP contribution in [0.3, 0.4) is 0 Å². The van der Waals surface area contributed by atoms with Crippen molar-refractivity contribution in [3.63, 3.8) is 0 Å². The second-order valence-corrected chi connectivity index (χ2v) is 7.89. The summed E-state index contributed by atoms with van der Waals surface area (Å²) in [6.45, 7) is 3.24. The first kappa shape index (κ1) is 22.8. The molecule has 1 N–H and O–H groups in total. The molecular weight excluding hydrogens is 416 g/mol. The van der Waals surface area contributed by atoms with Crippen molar-refractivity contribution in [1.82, 2.24) is 14.9 Å². The van der Waals surface area contributed by atoms with E-state index in [-0.39, 0.29) is 0 Å². The summed E-state index contributed by atoms with van der Waals surface area (Å²) in [5.41, 5.74) is 3.81. The Balaban J connectivity index is 1.65. The Hall–Kier alpha value is -3.42. The molecule has 4 rings (SSSR count). The van der Waals surface area contributed by atoms with Crippen LogP contribution < -0.4 is 14.8 Å². The van der Waals surface area contributed by atoms with Gasteiger partial charge in [0.25, 0.3) is 0 Å². The summed E-state index contributed by atoms with van der Waals surface area (Å²) in [4.78, 5) is 11.4. The zero-order valence-electron chi connectivity index (χ0n) is 19.2. The van der Waals surface area contributed by atoms with Gasteiger partial charge in [-0.1, -0.05) is 24.3 Å². The first-order chi connectivity index (χ1) is 16.2. The number of rotatable bonds is 4. The molecule has 0 fully saturated rings. The lowest BCUT2D eigenvalue weighted by Gasteiger charge is -2.19. The molecule has 172 valence electrons. The number of aromatic nitrogens is 2. The second-order valence-electron chi connectivity index (χ2n) is 7.89. The van der Waals surface area contributed by atoms with Crippen molar-refractivity contribution in [1.29, 1.82) is 0 Å². The van der Waals surface area contributed by atoms with Gasteiger partial charge in [0.05, 0.1) is 18.9 Å². The van der Waals surface area contributed by atoms with Crippen LogP contribution in [0.25, 0.3) is 11.3 Å². The maximum absolute atomic E-state index is 5.96. The third-order valence-corrected chi connectivity index (χ3v) is 5.22. The predicted octanol–water partition coefficient (Wildman–Crippen LogP) is 4.68. The molecule has 6 bridgehead atoms. The van der Waals surface area contributed by atoms with Crippen molar-refractivity contribution in [2.24, 2.45) is 0 Å². The molecule has 7 heteroatoms. The minimum absolute atomic E-state index is 0.504. The van der Waals surface area contributed by atoms with Gasteiger partial charge in [0, 0.05) is 43.2 Å². The molecule has 3 aromatic rings. The fraction of sp³-hybridized carbons (Fsp3) is 0.308. The van der Waals surface area contributed by atoms with Crippen molar-refractivity contribution in [3.05, 3.63) is 72.4 Å². The van der Waals surface area contributed by atoms with Crippen LogP contribution in [0.1, 0.15) is 12.0 Å². The van der Waals surface area contributed by atoms with E-state index in [2.05, 4.69) is 40.5 Å². The number of ether oxygens (including phenoxy) is 3. The Morgan fingerprint density at radius 1 is 1.09 bits per heavy atom. The Morgan fingerprint density at radius 3 is 2.94 bits per heavy atom. The number of hydrogen-bond donors (Lipinski definition) is 1. The molecule has 0 aliphatic carbocycles. The van der Waals surface area contributed by atoms with E-state index in [1.807, 2.05) is 42.5 Å². The van der Waals surface area contributed by atoms with E-state index < -0.39 is 0 Å². The van der Waals surface area contributed by atoms with E-state index in [9.17, 15) is 0 Å². The first-order valence-electron chi connectivity index (χ1n) is 11.1. The van der Waals surface area contributed by atoms with Crippen LogP contribution in [0.2, 0.25) is 0 Å². The number of hydrogen-bond acceptors (Lipinski definition) is 7. The monoisotopic (exact) mass is 446 g/mol. The Kier molecular flexibility index (Phi) is 7.90. The smallest absolute Gasteiger partial charge is 0.227 e. The van der Waals surface area contributed by atoms with Crippen LogP contribution >= 0.6 is 0 Å².